The summed E-state index contributed by atoms with van der Waals surface area (Å²) in [7, 11) is 5.78. The molecule has 3 nitrogen and oxygen atoms in total. The number of hydrogen-bond acceptors (Lipinski definition) is 2. The van der Waals surface area contributed by atoms with Gasteiger partial charge in [-0.2, -0.15) is 0 Å². The van der Waals surface area contributed by atoms with Crippen LogP contribution in [-0.2, 0) is 0 Å². The van der Waals surface area contributed by atoms with Crippen LogP contribution in [0.5, 0.6) is 0 Å². The van der Waals surface area contributed by atoms with Crippen molar-refractivity contribution < 1.29 is 0 Å². The maximum absolute atomic E-state index is 3.89. The molecule has 0 fully saturated rings. The summed E-state index contributed by atoms with van der Waals surface area (Å²) >= 11 is 0. The summed E-state index contributed by atoms with van der Waals surface area (Å²) in [5.41, 5.74) is 0. The van der Waals surface area contributed by atoms with Crippen LogP contribution in [0, 0.1) is 0 Å². The quantitative estimate of drug-likeness (QED) is 0.338. The monoisotopic (exact) mass is 143 g/mol. The normalized spacial score (nSPS) is 10.7. The fourth-order valence-corrected chi connectivity index (χ4v) is 0.760. The van der Waals surface area contributed by atoms with Crippen LogP contribution < -0.4 is 5.32 Å². The first-order chi connectivity index (χ1) is 4.81. The zero-order chi connectivity index (χ0) is 7.82. The summed E-state index contributed by atoms with van der Waals surface area (Å²) in [4.78, 5) is 5.98. The number of hydrogen-bond donors (Lipinski definition) is 1. The maximum Gasteiger partial charge on any atom is 0.0843 e. The van der Waals surface area contributed by atoms with Gasteiger partial charge >= 0.3 is 0 Å². The molecular weight excluding hydrogens is 126 g/mol. The first-order valence-corrected chi connectivity index (χ1v) is 3.58. The van der Waals surface area contributed by atoms with Crippen LogP contribution in [0.2, 0.25) is 0 Å². The Hall–Kier alpha value is -0.570. The third-order valence-corrected chi connectivity index (χ3v) is 1.25. The lowest BCUT2D eigenvalue weighted by Crippen LogP contribution is -2.21. The largest absolute Gasteiger partial charge is 0.366 e. The van der Waals surface area contributed by atoms with E-state index in [-0.39, 0.29) is 0 Å². The maximum atomic E-state index is 3.89. The van der Waals surface area contributed by atoms with Gasteiger partial charge in [-0.05, 0) is 20.0 Å². The van der Waals surface area contributed by atoms with Gasteiger partial charge in [0.25, 0.3) is 0 Å². The molecule has 60 valence electrons. The molecule has 0 bridgehead atoms. The second-order valence-corrected chi connectivity index (χ2v) is 2.31. The van der Waals surface area contributed by atoms with Crippen molar-refractivity contribution in [3.05, 3.63) is 0 Å². The van der Waals surface area contributed by atoms with Gasteiger partial charge in [-0.25, -0.2) is 0 Å². The number of rotatable bonds is 5. The number of nitrogens with one attached hydrogen (secondary N) is 1. The van der Waals surface area contributed by atoms with E-state index in [1.165, 1.54) is 6.42 Å². The Morgan fingerprint density at radius 2 is 2.30 bits per heavy atom. The van der Waals surface area contributed by atoms with Gasteiger partial charge < -0.3 is 10.2 Å². The van der Waals surface area contributed by atoms with Crippen molar-refractivity contribution in [2.24, 2.45) is 4.99 Å². The summed E-state index contributed by atoms with van der Waals surface area (Å²) in [5.74, 6) is 0. The minimum absolute atomic E-state index is 1.07. The van der Waals surface area contributed by atoms with Crippen molar-refractivity contribution in [1.82, 2.24) is 10.2 Å². The Morgan fingerprint density at radius 1 is 1.60 bits per heavy atom. The van der Waals surface area contributed by atoms with Crippen molar-refractivity contribution in [2.45, 2.75) is 6.42 Å². The van der Waals surface area contributed by atoms with Crippen LogP contribution in [0.4, 0.5) is 0 Å². The number of nitrogens with zero attached hydrogens (tertiary/aromatic N) is 2. The molecule has 0 heterocycles. The molecule has 0 aromatic heterocycles. The van der Waals surface area contributed by atoms with E-state index in [1.807, 2.05) is 20.4 Å². The van der Waals surface area contributed by atoms with Crippen LogP contribution in [0.15, 0.2) is 4.99 Å². The SMILES string of the molecule is CN=CN(C)CCCNC. The molecule has 0 radical (unpaired) electrons. The molecule has 0 aromatic carbocycles. The molecule has 0 aromatic rings. The van der Waals surface area contributed by atoms with E-state index in [9.17, 15) is 0 Å². The Balaban J connectivity index is 3.13. The van der Waals surface area contributed by atoms with Crippen molar-refractivity contribution in [1.29, 1.82) is 0 Å². The molecular formula is C7H17N3. The van der Waals surface area contributed by atoms with Crippen molar-refractivity contribution in [2.75, 3.05) is 34.2 Å². The molecule has 0 unspecified atom stereocenters. The van der Waals surface area contributed by atoms with Gasteiger partial charge in [0, 0.05) is 20.6 Å². The molecule has 0 spiro atoms. The van der Waals surface area contributed by atoms with Gasteiger partial charge in [-0.3, -0.25) is 4.99 Å². The van der Waals surface area contributed by atoms with Crippen molar-refractivity contribution in [3.8, 4) is 0 Å². The fraction of sp³-hybridized carbons (Fsp3) is 0.857. The van der Waals surface area contributed by atoms with Crippen LogP contribution in [-0.4, -0.2) is 45.5 Å². The molecule has 0 aliphatic heterocycles. The Morgan fingerprint density at radius 3 is 2.80 bits per heavy atom. The topological polar surface area (TPSA) is 27.6 Å². The third kappa shape index (κ3) is 5.56. The van der Waals surface area contributed by atoms with E-state index in [4.69, 9.17) is 0 Å². The molecule has 0 amide bonds. The highest BCUT2D eigenvalue weighted by atomic mass is 15.1. The predicted molar refractivity (Wildman–Crippen MR) is 45.6 cm³/mol. The van der Waals surface area contributed by atoms with Gasteiger partial charge in [-0.1, -0.05) is 0 Å². The second kappa shape index (κ2) is 6.55. The molecule has 0 saturated heterocycles. The third-order valence-electron chi connectivity index (χ3n) is 1.25. The molecule has 0 rings (SSSR count). The van der Waals surface area contributed by atoms with Crippen LogP contribution >= 0.6 is 0 Å². The van der Waals surface area contributed by atoms with Crippen LogP contribution in [0.25, 0.3) is 0 Å². The summed E-state index contributed by atoms with van der Waals surface area (Å²) in [6, 6.07) is 0. The van der Waals surface area contributed by atoms with E-state index < -0.39 is 0 Å². The zero-order valence-electron chi connectivity index (χ0n) is 7.09. The van der Waals surface area contributed by atoms with E-state index in [0.717, 1.165) is 13.1 Å². The highest BCUT2D eigenvalue weighted by Crippen LogP contribution is 1.80. The highest BCUT2D eigenvalue weighted by Gasteiger charge is 1.88. The average Bonchev–Trinajstić information content (AvgIpc) is 1.89. The molecule has 0 atom stereocenters. The van der Waals surface area contributed by atoms with E-state index in [0.29, 0.717) is 0 Å². The lowest BCUT2D eigenvalue weighted by molar-refractivity contribution is 0.493. The van der Waals surface area contributed by atoms with Gasteiger partial charge in [-0.15, -0.1) is 0 Å². The van der Waals surface area contributed by atoms with Crippen LogP contribution in [0.1, 0.15) is 6.42 Å². The van der Waals surface area contributed by atoms with E-state index >= 15 is 0 Å². The summed E-state index contributed by atoms with van der Waals surface area (Å²) in [6.07, 6.45) is 3.01. The van der Waals surface area contributed by atoms with Gasteiger partial charge in [0.05, 0.1) is 6.34 Å². The predicted octanol–water partition coefficient (Wildman–Crippen LogP) is 0.186. The summed E-state index contributed by atoms with van der Waals surface area (Å²) in [5, 5.41) is 3.09. The lowest BCUT2D eigenvalue weighted by Gasteiger charge is -2.11. The van der Waals surface area contributed by atoms with E-state index in [1.54, 1.807) is 7.05 Å². The first-order valence-electron chi connectivity index (χ1n) is 3.58. The zero-order valence-corrected chi connectivity index (χ0v) is 7.09. The minimum Gasteiger partial charge on any atom is -0.366 e. The first kappa shape index (κ1) is 9.43. The fourth-order valence-electron chi connectivity index (χ4n) is 0.760. The van der Waals surface area contributed by atoms with Gasteiger partial charge in [0.2, 0.25) is 0 Å². The highest BCUT2D eigenvalue weighted by molar-refractivity contribution is 5.53. The Bertz CT molecular complexity index is 90.9. The van der Waals surface area contributed by atoms with Crippen molar-refractivity contribution >= 4 is 6.34 Å². The van der Waals surface area contributed by atoms with Crippen LogP contribution in [0.3, 0.4) is 0 Å². The smallest absolute Gasteiger partial charge is 0.0843 e. The molecule has 3 heteroatoms. The summed E-state index contributed by atoms with van der Waals surface area (Å²) in [6.45, 7) is 2.14. The van der Waals surface area contributed by atoms with Gasteiger partial charge in [0.15, 0.2) is 0 Å². The Kier molecular flexibility index (Phi) is 6.18. The average molecular weight is 143 g/mol. The van der Waals surface area contributed by atoms with E-state index in [2.05, 4.69) is 15.2 Å². The van der Waals surface area contributed by atoms with Gasteiger partial charge in [0.1, 0.15) is 0 Å². The molecule has 0 saturated carbocycles. The number of aliphatic imine (C=N–C) groups is 1. The lowest BCUT2D eigenvalue weighted by atomic mass is 10.4. The Labute approximate surface area is 63.1 Å². The molecule has 0 aliphatic carbocycles. The molecule has 1 N–H and O–H groups in total. The van der Waals surface area contributed by atoms with Crippen molar-refractivity contribution in [3.63, 3.8) is 0 Å². The standard InChI is InChI=1S/C7H17N3/c1-8-5-4-6-10(3)7-9-2/h7-8H,4-6H2,1-3H3. The summed E-state index contributed by atoms with van der Waals surface area (Å²) < 4.78 is 0. The minimum atomic E-state index is 1.07. The second-order valence-electron chi connectivity index (χ2n) is 2.31. The molecule has 0 aliphatic rings. The molecule has 10 heavy (non-hydrogen) atoms.